The maximum Gasteiger partial charge on any atom is 0.158 e. The lowest BCUT2D eigenvalue weighted by atomic mass is 9.40. The third kappa shape index (κ3) is 3.21. The van der Waals surface area contributed by atoms with Gasteiger partial charge in [0.15, 0.2) is 5.78 Å². The highest BCUT2D eigenvalue weighted by Crippen LogP contribution is 2.67. The van der Waals surface area contributed by atoms with E-state index in [0.29, 0.717) is 37.8 Å². The van der Waals surface area contributed by atoms with Gasteiger partial charge in [-0.15, -0.1) is 0 Å². The Kier molecular flexibility index (Phi) is 5.33. The van der Waals surface area contributed by atoms with Gasteiger partial charge in [0, 0.05) is 18.3 Å². The van der Waals surface area contributed by atoms with E-state index in [4.69, 9.17) is 4.74 Å². The summed E-state index contributed by atoms with van der Waals surface area (Å²) < 4.78 is 6.15. The molecule has 3 nitrogen and oxygen atoms in total. The molecule has 0 amide bonds. The molecule has 4 rings (SSSR count). The highest BCUT2D eigenvalue weighted by atomic mass is 16.5. The van der Waals surface area contributed by atoms with Gasteiger partial charge in [-0.1, -0.05) is 58.0 Å². The topological polar surface area (TPSA) is 43.4 Å². The van der Waals surface area contributed by atoms with Crippen LogP contribution in [0.5, 0.6) is 0 Å². The number of hydrogen-bond acceptors (Lipinski definition) is 3. The first kappa shape index (κ1) is 21.5. The molecule has 3 aliphatic carbocycles. The summed E-state index contributed by atoms with van der Waals surface area (Å²) in [6.07, 6.45) is 4.24. The lowest BCUT2D eigenvalue weighted by molar-refractivity contribution is -0.160. The molecule has 0 saturated heterocycles. The molecule has 1 aromatic rings. The van der Waals surface area contributed by atoms with Crippen molar-refractivity contribution in [2.24, 2.45) is 28.1 Å². The summed E-state index contributed by atoms with van der Waals surface area (Å²) in [6.45, 7) is 12.1. The fourth-order valence-electron chi connectivity index (χ4n) is 7.22. The second kappa shape index (κ2) is 7.44. The maximum absolute atomic E-state index is 13.1. The molecule has 2 fully saturated rings. The number of ether oxygens (including phenoxy) is 1. The van der Waals surface area contributed by atoms with Crippen LogP contribution < -0.4 is 0 Å². The normalized spacial score (nSPS) is 35.8. The first-order valence-corrected chi connectivity index (χ1v) is 11.5. The van der Waals surface area contributed by atoms with Crippen molar-refractivity contribution >= 4 is 11.6 Å². The molecule has 2 saturated carbocycles. The van der Waals surface area contributed by atoms with Crippen LogP contribution in [0.4, 0.5) is 0 Å². The van der Waals surface area contributed by atoms with E-state index < -0.39 is 0 Å². The lowest BCUT2D eigenvalue weighted by Crippen LogP contribution is -2.59. The van der Waals surface area contributed by atoms with Crippen LogP contribution in [0.3, 0.4) is 0 Å². The summed E-state index contributed by atoms with van der Waals surface area (Å²) in [7, 11) is 0. The van der Waals surface area contributed by atoms with E-state index in [1.165, 1.54) is 5.57 Å². The SMILES string of the molecule is CC1=C(COCc2ccccc2)[C@@]2(C)CC[C@@H]3C(C)(C)C(=O)CC[C@@]3(C)[C@@H]2CC1=O. The number of Topliss-reactive ketones (excluding diaryl/α,β-unsaturated/α-hetero) is 2. The number of rotatable bonds is 4. The van der Waals surface area contributed by atoms with E-state index in [1.54, 1.807) is 0 Å². The molecule has 4 atom stereocenters. The number of benzene rings is 1. The Morgan fingerprint density at radius 1 is 0.967 bits per heavy atom. The van der Waals surface area contributed by atoms with Crippen molar-refractivity contribution < 1.29 is 14.3 Å². The second-order valence-electron chi connectivity index (χ2n) is 10.9. The summed E-state index contributed by atoms with van der Waals surface area (Å²) >= 11 is 0. The zero-order chi connectivity index (χ0) is 21.7. The second-order valence-corrected chi connectivity index (χ2v) is 10.9. The summed E-state index contributed by atoms with van der Waals surface area (Å²) in [4.78, 5) is 25.8. The minimum absolute atomic E-state index is 0.0193. The number of carbonyl (C=O) groups is 2. The molecule has 0 N–H and O–H groups in total. The van der Waals surface area contributed by atoms with Crippen LogP contribution in [-0.2, 0) is 20.9 Å². The zero-order valence-corrected chi connectivity index (χ0v) is 19.2. The van der Waals surface area contributed by atoms with Crippen LogP contribution in [0, 0.1) is 28.1 Å². The van der Waals surface area contributed by atoms with Gasteiger partial charge in [0.25, 0.3) is 0 Å². The molecular weight excluding hydrogens is 372 g/mol. The third-order valence-electron chi connectivity index (χ3n) is 9.10. The predicted molar refractivity (Wildman–Crippen MR) is 119 cm³/mol. The van der Waals surface area contributed by atoms with Gasteiger partial charge in [-0.2, -0.15) is 0 Å². The number of fused-ring (bicyclic) bond motifs is 3. The van der Waals surface area contributed by atoms with Crippen molar-refractivity contribution in [1.82, 2.24) is 0 Å². The fraction of sp³-hybridized carbons (Fsp3) is 0.630. The van der Waals surface area contributed by atoms with E-state index in [0.717, 1.165) is 30.4 Å². The fourth-order valence-corrected chi connectivity index (χ4v) is 7.22. The molecule has 0 aromatic heterocycles. The Morgan fingerprint density at radius 3 is 2.37 bits per heavy atom. The summed E-state index contributed by atoms with van der Waals surface area (Å²) in [5.74, 6) is 1.30. The van der Waals surface area contributed by atoms with E-state index in [2.05, 4.69) is 39.8 Å². The Morgan fingerprint density at radius 2 is 1.67 bits per heavy atom. The van der Waals surface area contributed by atoms with Crippen LogP contribution in [0.2, 0.25) is 0 Å². The van der Waals surface area contributed by atoms with Crippen LogP contribution in [0.1, 0.15) is 72.3 Å². The molecule has 30 heavy (non-hydrogen) atoms. The smallest absolute Gasteiger partial charge is 0.158 e. The van der Waals surface area contributed by atoms with E-state index >= 15 is 0 Å². The first-order valence-electron chi connectivity index (χ1n) is 11.5. The van der Waals surface area contributed by atoms with Crippen molar-refractivity contribution in [2.75, 3.05) is 6.61 Å². The minimum Gasteiger partial charge on any atom is -0.372 e. The molecule has 0 spiro atoms. The van der Waals surface area contributed by atoms with Crippen LogP contribution in [0.25, 0.3) is 0 Å². The Labute approximate surface area is 181 Å². The number of hydrogen-bond donors (Lipinski definition) is 0. The monoisotopic (exact) mass is 408 g/mol. The van der Waals surface area contributed by atoms with Gasteiger partial charge in [0.1, 0.15) is 5.78 Å². The van der Waals surface area contributed by atoms with Gasteiger partial charge in [0.05, 0.1) is 13.2 Å². The quantitative estimate of drug-likeness (QED) is 0.621. The zero-order valence-electron chi connectivity index (χ0n) is 19.2. The van der Waals surface area contributed by atoms with Gasteiger partial charge in [-0.3, -0.25) is 9.59 Å². The molecule has 0 heterocycles. The van der Waals surface area contributed by atoms with Crippen molar-refractivity contribution in [3.63, 3.8) is 0 Å². The molecule has 1 aromatic carbocycles. The molecule has 3 aliphatic rings. The number of ketones is 2. The van der Waals surface area contributed by atoms with E-state index in [1.807, 2.05) is 25.1 Å². The van der Waals surface area contributed by atoms with Crippen molar-refractivity contribution in [3.05, 3.63) is 47.0 Å². The summed E-state index contributed by atoms with van der Waals surface area (Å²) in [5.41, 5.74) is 2.96. The van der Waals surface area contributed by atoms with E-state index in [-0.39, 0.29) is 27.9 Å². The molecule has 0 unspecified atom stereocenters. The minimum atomic E-state index is -0.294. The molecule has 0 bridgehead atoms. The highest BCUT2D eigenvalue weighted by molar-refractivity contribution is 5.97. The largest absolute Gasteiger partial charge is 0.372 e. The third-order valence-corrected chi connectivity index (χ3v) is 9.10. The number of carbonyl (C=O) groups excluding carboxylic acids is 2. The average molecular weight is 409 g/mol. The van der Waals surface area contributed by atoms with Gasteiger partial charge < -0.3 is 4.74 Å². The molecule has 0 aliphatic heterocycles. The summed E-state index contributed by atoms with van der Waals surface area (Å²) in [6, 6.07) is 10.2. The molecule has 162 valence electrons. The van der Waals surface area contributed by atoms with Crippen molar-refractivity contribution in [2.45, 2.75) is 73.3 Å². The number of allylic oxidation sites excluding steroid dienone is 1. The first-order chi connectivity index (χ1) is 14.1. The van der Waals surface area contributed by atoms with Gasteiger partial charge in [-0.05, 0) is 65.6 Å². The van der Waals surface area contributed by atoms with Gasteiger partial charge in [0.2, 0.25) is 0 Å². The van der Waals surface area contributed by atoms with Crippen LogP contribution in [-0.4, -0.2) is 18.2 Å². The Hall–Kier alpha value is -1.74. The highest BCUT2D eigenvalue weighted by Gasteiger charge is 2.62. The van der Waals surface area contributed by atoms with Crippen LogP contribution >= 0.6 is 0 Å². The average Bonchev–Trinajstić information content (AvgIpc) is 2.70. The van der Waals surface area contributed by atoms with E-state index in [9.17, 15) is 9.59 Å². The molecule has 3 heteroatoms. The summed E-state index contributed by atoms with van der Waals surface area (Å²) in [5, 5.41) is 0. The standard InChI is InChI=1S/C27H36O3/c1-18-20(17-30-16-19-9-7-6-8-10-19)26(4)13-11-22-25(2,3)24(29)12-14-27(22,5)23(26)15-21(18)28/h6-10,22-23H,11-17H2,1-5H3/t22-,23-,26-,27-/m1/s1. The van der Waals surface area contributed by atoms with Crippen molar-refractivity contribution in [1.29, 1.82) is 0 Å². The lowest BCUT2D eigenvalue weighted by Gasteiger charge is -2.63. The molecule has 0 radical (unpaired) electrons. The predicted octanol–water partition coefficient (Wildman–Crippen LogP) is 5.92. The maximum atomic E-state index is 13.1. The Balaban J connectivity index is 1.63. The van der Waals surface area contributed by atoms with Crippen molar-refractivity contribution in [3.8, 4) is 0 Å². The molecular formula is C27H36O3. The van der Waals surface area contributed by atoms with Gasteiger partial charge >= 0.3 is 0 Å². The van der Waals surface area contributed by atoms with Gasteiger partial charge in [-0.25, -0.2) is 0 Å². The Bertz CT molecular complexity index is 881. The van der Waals surface area contributed by atoms with Crippen LogP contribution in [0.15, 0.2) is 41.5 Å².